The zero-order valence-electron chi connectivity index (χ0n) is 13.9. The van der Waals surface area contributed by atoms with Crippen molar-refractivity contribution < 1.29 is 14.3 Å². The van der Waals surface area contributed by atoms with Gasteiger partial charge in [-0.05, 0) is 49.3 Å². The first-order valence-electron chi connectivity index (χ1n) is 8.12. The lowest BCUT2D eigenvalue weighted by Gasteiger charge is -2.20. The summed E-state index contributed by atoms with van der Waals surface area (Å²) < 4.78 is 10.5. The predicted octanol–water partition coefficient (Wildman–Crippen LogP) is 3.29. The maximum Gasteiger partial charge on any atom is 0.222 e. The number of likely N-dealkylation sites (tertiary alicyclic amines) is 1. The van der Waals surface area contributed by atoms with E-state index in [2.05, 4.69) is 6.92 Å². The molecule has 1 aromatic carbocycles. The second-order valence-corrected chi connectivity index (χ2v) is 6.11. The molecular weight excluding hydrogens is 278 g/mol. The Kier molecular flexibility index (Phi) is 6.10. The van der Waals surface area contributed by atoms with Crippen LogP contribution in [-0.2, 0) is 11.2 Å². The molecule has 0 aliphatic carbocycles. The summed E-state index contributed by atoms with van der Waals surface area (Å²) in [5, 5.41) is 0. The monoisotopic (exact) mass is 305 g/mol. The summed E-state index contributed by atoms with van der Waals surface area (Å²) >= 11 is 0. The Morgan fingerprint density at radius 2 is 1.95 bits per heavy atom. The molecule has 1 aliphatic rings. The lowest BCUT2D eigenvalue weighted by atomic mass is 10.0. The molecular formula is C18H27NO3. The van der Waals surface area contributed by atoms with Gasteiger partial charge in [0, 0.05) is 19.5 Å². The van der Waals surface area contributed by atoms with Crippen molar-refractivity contribution in [3.05, 3.63) is 23.8 Å². The number of ether oxygens (including phenoxy) is 2. The molecule has 122 valence electrons. The van der Waals surface area contributed by atoms with Crippen LogP contribution in [0.25, 0.3) is 0 Å². The Bertz CT molecular complexity index is 501. The van der Waals surface area contributed by atoms with Gasteiger partial charge in [0.15, 0.2) is 11.5 Å². The molecule has 4 nitrogen and oxygen atoms in total. The van der Waals surface area contributed by atoms with Gasteiger partial charge in [0.25, 0.3) is 0 Å². The van der Waals surface area contributed by atoms with Gasteiger partial charge in [-0.1, -0.05) is 13.0 Å². The van der Waals surface area contributed by atoms with E-state index in [0.29, 0.717) is 6.42 Å². The average molecular weight is 305 g/mol. The Balaban J connectivity index is 1.90. The van der Waals surface area contributed by atoms with Crippen molar-refractivity contribution in [3.8, 4) is 11.5 Å². The smallest absolute Gasteiger partial charge is 0.222 e. The molecule has 0 bridgehead atoms. The van der Waals surface area contributed by atoms with Crippen molar-refractivity contribution in [2.75, 3.05) is 27.3 Å². The van der Waals surface area contributed by atoms with Gasteiger partial charge in [0.05, 0.1) is 14.2 Å². The highest BCUT2D eigenvalue weighted by Crippen LogP contribution is 2.28. The minimum Gasteiger partial charge on any atom is -0.493 e. The van der Waals surface area contributed by atoms with Crippen molar-refractivity contribution in [1.29, 1.82) is 0 Å². The normalized spacial score (nSPS) is 18.7. The Hall–Kier alpha value is -1.71. The molecule has 1 heterocycles. The molecule has 0 aromatic heterocycles. The number of hydrogen-bond donors (Lipinski definition) is 0. The van der Waals surface area contributed by atoms with Crippen molar-refractivity contribution >= 4 is 5.91 Å². The largest absolute Gasteiger partial charge is 0.493 e. The molecule has 1 aliphatic heterocycles. The number of carbonyl (C=O) groups is 1. The van der Waals surface area contributed by atoms with Gasteiger partial charge in [-0.3, -0.25) is 4.79 Å². The Labute approximate surface area is 133 Å². The molecule has 1 aromatic rings. The molecule has 22 heavy (non-hydrogen) atoms. The lowest BCUT2D eigenvalue weighted by Crippen LogP contribution is -2.32. The predicted molar refractivity (Wildman–Crippen MR) is 87.5 cm³/mol. The third-order valence-corrected chi connectivity index (χ3v) is 4.44. The van der Waals surface area contributed by atoms with Gasteiger partial charge in [0.2, 0.25) is 5.91 Å². The van der Waals surface area contributed by atoms with Gasteiger partial charge in [-0.15, -0.1) is 0 Å². The van der Waals surface area contributed by atoms with Crippen LogP contribution >= 0.6 is 0 Å². The summed E-state index contributed by atoms with van der Waals surface area (Å²) in [6.07, 6.45) is 4.79. The SMILES string of the molecule is COc1ccc(CCC(=O)N2CCCC(C)CC2)cc1OC. The highest BCUT2D eigenvalue weighted by molar-refractivity contribution is 5.76. The van der Waals surface area contributed by atoms with Crippen LogP contribution in [0.4, 0.5) is 0 Å². The number of benzene rings is 1. The third kappa shape index (κ3) is 4.39. The first kappa shape index (κ1) is 16.7. The van der Waals surface area contributed by atoms with E-state index in [1.165, 1.54) is 6.42 Å². The Morgan fingerprint density at radius 3 is 2.68 bits per heavy atom. The third-order valence-electron chi connectivity index (χ3n) is 4.44. The van der Waals surface area contributed by atoms with Gasteiger partial charge >= 0.3 is 0 Å². The van der Waals surface area contributed by atoms with E-state index >= 15 is 0 Å². The highest BCUT2D eigenvalue weighted by atomic mass is 16.5. The second-order valence-electron chi connectivity index (χ2n) is 6.11. The minimum atomic E-state index is 0.267. The highest BCUT2D eigenvalue weighted by Gasteiger charge is 2.18. The zero-order chi connectivity index (χ0) is 15.9. The van der Waals surface area contributed by atoms with E-state index < -0.39 is 0 Å². The Morgan fingerprint density at radius 1 is 1.18 bits per heavy atom. The molecule has 0 N–H and O–H groups in total. The van der Waals surface area contributed by atoms with E-state index in [1.807, 2.05) is 23.1 Å². The topological polar surface area (TPSA) is 38.8 Å². The molecule has 0 saturated carbocycles. The number of hydrogen-bond acceptors (Lipinski definition) is 3. The van der Waals surface area contributed by atoms with E-state index in [-0.39, 0.29) is 5.91 Å². The number of aryl methyl sites for hydroxylation is 1. The summed E-state index contributed by atoms with van der Waals surface area (Å²) in [7, 11) is 3.26. The van der Waals surface area contributed by atoms with Crippen molar-refractivity contribution in [3.63, 3.8) is 0 Å². The van der Waals surface area contributed by atoms with E-state index in [1.54, 1.807) is 14.2 Å². The van der Waals surface area contributed by atoms with Crippen LogP contribution in [0.15, 0.2) is 18.2 Å². The molecule has 2 rings (SSSR count). The summed E-state index contributed by atoms with van der Waals surface area (Å²) in [6, 6.07) is 5.85. The van der Waals surface area contributed by atoms with Gasteiger partial charge < -0.3 is 14.4 Å². The molecule has 4 heteroatoms. The van der Waals surface area contributed by atoms with Crippen molar-refractivity contribution in [1.82, 2.24) is 4.90 Å². The fourth-order valence-electron chi connectivity index (χ4n) is 2.96. The van der Waals surface area contributed by atoms with Crippen LogP contribution in [0.2, 0.25) is 0 Å². The van der Waals surface area contributed by atoms with Crippen LogP contribution in [0.3, 0.4) is 0 Å². The van der Waals surface area contributed by atoms with Gasteiger partial charge in [0.1, 0.15) is 0 Å². The molecule has 1 unspecified atom stereocenters. The number of amides is 1. The lowest BCUT2D eigenvalue weighted by molar-refractivity contribution is -0.131. The quantitative estimate of drug-likeness (QED) is 0.838. The number of nitrogens with zero attached hydrogens (tertiary/aromatic N) is 1. The first-order chi connectivity index (χ1) is 10.6. The standard InChI is InChI=1S/C18H27NO3/c1-14-5-4-11-19(12-10-14)18(20)9-7-15-6-8-16(21-2)17(13-15)22-3/h6,8,13-14H,4-5,7,9-12H2,1-3H3. The van der Waals surface area contributed by atoms with Crippen LogP contribution in [0, 0.1) is 5.92 Å². The molecule has 1 atom stereocenters. The maximum absolute atomic E-state index is 12.4. The van der Waals surface area contributed by atoms with Crippen molar-refractivity contribution in [2.45, 2.75) is 39.0 Å². The van der Waals surface area contributed by atoms with E-state index in [0.717, 1.165) is 55.3 Å². The second kappa shape index (κ2) is 8.06. The molecule has 0 radical (unpaired) electrons. The molecule has 1 fully saturated rings. The zero-order valence-corrected chi connectivity index (χ0v) is 13.9. The van der Waals surface area contributed by atoms with Crippen LogP contribution in [0.1, 0.15) is 38.2 Å². The first-order valence-corrected chi connectivity index (χ1v) is 8.12. The molecule has 0 spiro atoms. The number of carbonyl (C=O) groups excluding carboxylic acids is 1. The summed E-state index contributed by atoms with van der Waals surface area (Å²) in [6.45, 7) is 4.10. The van der Waals surface area contributed by atoms with Crippen LogP contribution in [0.5, 0.6) is 11.5 Å². The van der Waals surface area contributed by atoms with Gasteiger partial charge in [-0.2, -0.15) is 0 Å². The molecule has 1 amide bonds. The summed E-state index contributed by atoms with van der Waals surface area (Å²) in [5.74, 6) is 2.45. The summed E-state index contributed by atoms with van der Waals surface area (Å²) in [5.41, 5.74) is 1.11. The number of rotatable bonds is 5. The van der Waals surface area contributed by atoms with Crippen LogP contribution < -0.4 is 9.47 Å². The van der Waals surface area contributed by atoms with Crippen molar-refractivity contribution in [2.24, 2.45) is 5.92 Å². The molecule has 1 saturated heterocycles. The number of methoxy groups -OCH3 is 2. The summed E-state index contributed by atoms with van der Waals surface area (Å²) in [4.78, 5) is 14.4. The minimum absolute atomic E-state index is 0.267. The maximum atomic E-state index is 12.4. The fraction of sp³-hybridized carbons (Fsp3) is 0.611. The van der Waals surface area contributed by atoms with Gasteiger partial charge in [-0.25, -0.2) is 0 Å². The van der Waals surface area contributed by atoms with E-state index in [9.17, 15) is 4.79 Å². The van der Waals surface area contributed by atoms with Crippen LogP contribution in [-0.4, -0.2) is 38.1 Å². The van der Waals surface area contributed by atoms with E-state index in [4.69, 9.17) is 9.47 Å². The average Bonchev–Trinajstić information content (AvgIpc) is 2.77. The fourth-order valence-corrected chi connectivity index (χ4v) is 2.96.